The van der Waals surface area contributed by atoms with Crippen LogP contribution in [0.25, 0.3) is 10.2 Å². The molecule has 0 unspecified atom stereocenters. The van der Waals surface area contributed by atoms with E-state index in [0.717, 1.165) is 11.3 Å². The number of thiophene rings is 1. The number of amides is 2. The van der Waals surface area contributed by atoms with Crippen molar-refractivity contribution in [2.24, 2.45) is 0 Å². The summed E-state index contributed by atoms with van der Waals surface area (Å²) in [7, 11) is 0. The summed E-state index contributed by atoms with van der Waals surface area (Å²) >= 11 is 1.49. The van der Waals surface area contributed by atoms with Crippen LogP contribution >= 0.6 is 11.3 Å². The van der Waals surface area contributed by atoms with Crippen LogP contribution in [0.2, 0.25) is 0 Å². The Bertz CT molecular complexity index is 1090. The number of nitrogens with one attached hydrogen (secondary N) is 1. The summed E-state index contributed by atoms with van der Waals surface area (Å²) in [4.78, 5) is 44.8. The smallest absolute Gasteiger partial charge is 0.262 e. The Balaban J connectivity index is 1.67. The highest BCUT2D eigenvalue weighted by atomic mass is 32.1. The standard InChI is InChI=1S/C18H16N4O3S/c1-2-11-7-12-17(26-11)19-10-21(18(12)25)9-16(24)22-8-15(23)20-13-5-3-4-6-14(13)22/h3-7,10H,2,8-9H2,1H3,(H,20,23). The van der Waals surface area contributed by atoms with Crippen LogP contribution in [0.1, 0.15) is 11.8 Å². The highest BCUT2D eigenvalue weighted by Gasteiger charge is 2.27. The van der Waals surface area contributed by atoms with E-state index in [9.17, 15) is 14.4 Å². The van der Waals surface area contributed by atoms with Gasteiger partial charge in [0.05, 0.1) is 23.1 Å². The predicted octanol–water partition coefficient (Wildman–Crippen LogP) is 2.01. The lowest BCUT2D eigenvalue weighted by Gasteiger charge is -2.29. The van der Waals surface area contributed by atoms with Gasteiger partial charge in [0, 0.05) is 4.88 Å². The van der Waals surface area contributed by atoms with Gasteiger partial charge >= 0.3 is 0 Å². The highest BCUT2D eigenvalue weighted by Crippen LogP contribution is 2.29. The van der Waals surface area contributed by atoms with E-state index < -0.39 is 0 Å². The van der Waals surface area contributed by atoms with E-state index in [0.29, 0.717) is 21.6 Å². The Hall–Kier alpha value is -3.00. The number of hydrogen-bond acceptors (Lipinski definition) is 5. The summed E-state index contributed by atoms with van der Waals surface area (Å²) in [6.07, 6.45) is 2.23. The molecule has 132 valence electrons. The number of benzene rings is 1. The first kappa shape index (κ1) is 16.5. The average Bonchev–Trinajstić information content (AvgIpc) is 3.07. The molecule has 1 N–H and O–H groups in total. The van der Waals surface area contributed by atoms with Crippen molar-refractivity contribution in [1.29, 1.82) is 0 Å². The van der Waals surface area contributed by atoms with Crippen molar-refractivity contribution in [3.63, 3.8) is 0 Å². The molecule has 1 aliphatic heterocycles. The molecule has 2 aromatic heterocycles. The molecule has 0 fully saturated rings. The van der Waals surface area contributed by atoms with Crippen molar-refractivity contribution in [3.8, 4) is 0 Å². The molecule has 7 nitrogen and oxygen atoms in total. The maximum atomic E-state index is 12.8. The summed E-state index contributed by atoms with van der Waals surface area (Å²) in [5.74, 6) is -0.593. The first-order valence-corrected chi connectivity index (χ1v) is 9.05. The van der Waals surface area contributed by atoms with E-state index in [1.165, 1.54) is 27.1 Å². The number of carbonyl (C=O) groups is 2. The number of anilines is 2. The maximum Gasteiger partial charge on any atom is 0.262 e. The number of aryl methyl sites for hydroxylation is 1. The average molecular weight is 368 g/mol. The molecule has 1 aliphatic rings. The lowest BCUT2D eigenvalue weighted by Crippen LogP contribution is -2.44. The van der Waals surface area contributed by atoms with E-state index >= 15 is 0 Å². The summed E-state index contributed by atoms with van der Waals surface area (Å²) in [6, 6.07) is 8.93. The van der Waals surface area contributed by atoms with Gasteiger partial charge in [-0.25, -0.2) is 4.98 Å². The van der Waals surface area contributed by atoms with Gasteiger partial charge in [-0.3, -0.25) is 23.9 Å². The summed E-state index contributed by atoms with van der Waals surface area (Å²) in [5.41, 5.74) is 0.973. The van der Waals surface area contributed by atoms with Crippen molar-refractivity contribution < 1.29 is 9.59 Å². The Labute approximate surface area is 152 Å². The fraction of sp³-hybridized carbons (Fsp3) is 0.222. The monoisotopic (exact) mass is 368 g/mol. The van der Waals surface area contributed by atoms with Crippen LogP contribution in [0.3, 0.4) is 0 Å². The van der Waals surface area contributed by atoms with E-state index in [-0.39, 0.29) is 30.5 Å². The van der Waals surface area contributed by atoms with Crippen LogP contribution in [-0.2, 0) is 22.6 Å². The zero-order chi connectivity index (χ0) is 18.3. The molecule has 0 spiro atoms. The van der Waals surface area contributed by atoms with Crippen molar-refractivity contribution in [2.75, 3.05) is 16.8 Å². The minimum Gasteiger partial charge on any atom is -0.323 e. The minimum atomic E-state index is -0.332. The van der Waals surface area contributed by atoms with E-state index in [2.05, 4.69) is 10.3 Å². The molecule has 8 heteroatoms. The van der Waals surface area contributed by atoms with Crippen molar-refractivity contribution in [3.05, 3.63) is 51.9 Å². The second-order valence-corrected chi connectivity index (χ2v) is 7.12. The number of carbonyl (C=O) groups excluding carboxylic acids is 2. The molecule has 0 atom stereocenters. The van der Waals surface area contributed by atoms with E-state index in [4.69, 9.17) is 0 Å². The normalized spacial score (nSPS) is 13.6. The topological polar surface area (TPSA) is 84.3 Å². The molecular weight excluding hydrogens is 352 g/mol. The molecular formula is C18H16N4O3S. The lowest BCUT2D eigenvalue weighted by molar-refractivity contribution is -0.122. The van der Waals surface area contributed by atoms with Gasteiger partial charge in [0.2, 0.25) is 11.8 Å². The minimum absolute atomic E-state index is 0.0707. The van der Waals surface area contributed by atoms with E-state index in [1.54, 1.807) is 24.3 Å². The largest absolute Gasteiger partial charge is 0.323 e. The molecule has 0 saturated carbocycles. The third-order valence-corrected chi connectivity index (χ3v) is 5.48. The summed E-state index contributed by atoms with van der Waals surface area (Å²) in [6.45, 7) is 1.78. The second-order valence-electron chi connectivity index (χ2n) is 6.01. The number of para-hydroxylation sites is 2. The van der Waals surface area contributed by atoms with Crippen molar-refractivity contribution >= 4 is 44.7 Å². The van der Waals surface area contributed by atoms with Gasteiger partial charge in [0.25, 0.3) is 5.56 Å². The van der Waals surface area contributed by atoms with Crippen LogP contribution in [0.5, 0.6) is 0 Å². The van der Waals surface area contributed by atoms with Gasteiger partial charge in [-0.1, -0.05) is 19.1 Å². The van der Waals surface area contributed by atoms with Gasteiger partial charge in [-0.15, -0.1) is 11.3 Å². The Morgan fingerprint density at radius 2 is 2.12 bits per heavy atom. The maximum absolute atomic E-state index is 12.8. The Morgan fingerprint density at radius 1 is 1.31 bits per heavy atom. The molecule has 1 aromatic carbocycles. The quantitative estimate of drug-likeness (QED) is 0.766. The number of nitrogens with zero attached hydrogens (tertiary/aromatic N) is 3. The summed E-state index contributed by atoms with van der Waals surface area (Å²) < 4.78 is 1.30. The Kier molecular flexibility index (Phi) is 4.04. The number of aromatic nitrogens is 2. The predicted molar refractivity (Wildman–Crippen MR) is 101 cm³/mol. The molecule has 0 saturated heterocycles. The van der Waals surface area contributed by atoms with Crippen LogP contribution in [0.15, 0.2) is 41.5 Å². The first-order valence-electron chi connectivity index (χ1n) is 8.24. The fourth-order valence-electron chi connectivity index (χ4n) is 2.98. The molecule has 2 amide bonds. The number of rotatable bonds is 3. The molecule has 0 aliphatic carbocycles. The van der Waals surface area contributed by atoms with Crippen LogP contribution in [-0.4, -0.2) is 27.9 Å². The molecule has 3 heterocycles. The zero-order valence-electron chi connectivity index (χ0n) is 14.1. The zero-order valence-corrected chi connectivity index (χ0v) is 14.9. The first-order chi connectivity index (χ1) is 12.6. The molecule has 4 rings (SSSR count). The fourth-order valence-corrected chi connectivity index (χ4v) is 3.91. The van der Waals surface area contributed by atoms with Gasteiger partial charge in [0.15, 0.2) is 0 Å². The number of fused-ring (bicyclic) bond motifs is 2. The third kappa shape index (κ3) is 2.78. The lowest BCUT2D eigenvalue weighted by atomic mass is 10.2. The Morgan fingerprint density at radius 3 is 2.92 bits per heavy atom. The highest BCUT2D eigenvalue weighted by molar-refractivity contribution is 7.18. The van der Waals surface area contributed by atoms with Gasteiger partial charge < -0.3 is 5.32 Å². The molecule has 0 bridgehead atoms. The summed E-state index contributed by atoms with van der Waals surface area (Å²) in [5, 5.41) is 3.27. The van der Waals surface area contributed by atoms with Crippen LogP contribution < -0.4 is 15.8 Å². The van der Waals surface area contributed by atoms with Crippen molar-refractivity contribution in [2.45, 2.75) is 19.9 Å². The second kappa shape index (κ2) is 6.38. The molecule has 26 heavy (non-hydrogen) atoms. The van der Waals surface area contributed by atoms with Crippen LogP contribution in [0.4, 0.5) is 11.4 Å². The third-order valence-electron chi connectivity index (χ3n) is 4.29. The van der Waals surface area contributed by atoms with Gasteiger partial charge in [0.1, 0.15) is 17.9 Å². The van der Waals surface area contributed by atoms with Crippen LogP contribution in [0, 0.1) is 0 Å². The molecule has 0 radical (unpaired) electrons. The molecule has 3 aromatic rings. The SMILES string of the molecule is CCc1cc2c(=O)n(CC(=O)N3CC(=O)Nc4ccccc43)cnc2s1. The van der Waals surface area contributed by atoms with Gasteiger partial charge in [-0.05, 0) is 24.6 Å². The van der Waals surface area contributed by atoms with Gasteiger partial charge in [-0.2, -0.15) is 0 Å². The van der Waals surface area contributed by atoms with Crippen molar-refractivity contribution in [1.82, 2.24) is 9.55 Å². The number of hydrogen-bond donors (Lipinski definition) is 1. The van der Waals surface area contributed by atoms with E-state index in [1.807, 2.05) is 13.0 Å².